The van der Waals surface area contributed by atoms with Crippen LogP contribution in [0.3, 0.4) is 0 Å². The van der Waals surface area contributed by atoms with Crippen molar-refractivity contribution < 1.29 is 36.2 Å². The van der Waals surface area contributed by atoms with Gasteiger partial charge in [-0.15, -0.1) is 13.2 Å². The number of aliphatic hydroxyl groups excluding tert-OH is 1. The SMILES string of the molecule is C=CCc1cccc(C(c2ccc(OCO)c(CC=C)c2)(C(F)(F)F)C(F)(F)F)c1. The highest BCUT2D eigenvalue weighted by Crippen LogP contribution is 2.56. The van der Waals surface area contributed by atoms with Crippen LogP contribution in [0.2, 0.25) is 0 Å². The Kier molecular flexibility index (Phi) is 7.02. The van der Waals surface area contributed by atoms with E-state index in [1.165, 1.54) is 18.2 Å². The summed E-state index contributed by atoms with van der Waals surface area (Å²) in [5, 5.41) is 8.94. The van der Waals surface area contributed by atoms with Gasteiger partial charge in [0.25, 0.3) is 0 Å². The zero-order valence-corrected chi connectivity index (χ0v) is 15.9. The van der Waals surface area contributed by atoms with Gasteiger partial charge in [0, 0.05) is 0 Å². The standard InChI is InChI=1S/C22H20F6O2/c1-3-6-15-8-5-9-17(12-15)20(21(23,24)25,22(26,27)28)18-10-11-19(30-14-29)16(13-18)7-4-2/h3-5,8-13,29H,1-2,6-7,14H2. The molecule has 0 aliphatic rings. The lowest BCUT2D eigenvalue weighted by atomic mass is 9.72. The summed E-state index contributed by atoms with van der Waals surface area (Å²) in [5.41, 5.74) is -5.89. The van der Waals surface area contributed by atoms with Crippen molar-refractivity contribution in [1.29, 1.82) is 0 Å². The van der Waals surface area contributed by atoms with E-state index >= 15 is 0 Å². The van der Waals surface area contributed by atoms with Crippen molar-refractivity contribution in [2.24, 2.45) is 0 Å². The van der Waals surface area contributed by atoms with Crippen molar-refractivity contribution in [3.63, 3.8) is 0 Å². The lowest BCUT2D eigenvalue weighted by molar-refractivity contribution is -0.288. The van der Waals surface area contributed by atoms with Crippen molar-refractivity contribution in [2.45, 2.75) is 30.6 Å². The topological polar surface area (TPSA) is 29.5 Å². The fourth-order valence-electron chi connectivity index (χ4n) is 3.42. The summed E-state index contributed by atoms with van der Waals surface area (Å²) >= 11 is 0. The number of halogens is 6. The Morgan fingerprint density at radius 3 is 1.97 bits per heavy atom. The molecule has 0 amide bonds. The van der Waals surface area contributed by atoms with Crippen LogP contribution in [-0.4, -0.2) is 24.3 Å². The first-order chi connectivity index (χ1) is 14.0. The third-order valence-corrected chi connectivity index (χ3v) is 4.67. The van der Waals surface area contributed by atoms with Gasteiger partial charge in [-0.05, 0) is 41.2 Å². The summed E-state index contributed by atoms with van der Waals surface area (Å²) in [7, 11) is 0. The van der Waals surface area contributed by atoms with E-state index in [-0.39, 0.29) is 29.7 Å². The summed E-state index contributed by atoms with van der Waals surface area (Å²) in [6, 6.07) is 6.82. The fraction of sp³-hybridized carbons (Fsp3) is 0.273. The Labute approximate surface area is 170 Å². The van der Waals surface area contributed by atoms with Gasteiger partial charge in [-0.1, -0.05) is 48.6 Å². The third-order valence-electron chi connectivity index (χ3n) is 4.67. The average Bonchev–Trinajstić information content (AvgIpc) is 2.63. The molecule has 8 heteroatoms. The summed E-state index contributed by atoms with van der Waals surface area (Å²) < 4.78 is 90.7. The van der Waals surface area contributed by atoms with Crippen LogP contribution in [0.1, 0.15) is 22.3 Å². The van der Waals surface area contributed by atoms with Crippen LogP contribution in [0, 0.1) is 0 Å². The molecule has 2 aromatic carbocycles. The van der Waals surface area contributed by atoms with Gasteiger partial charge in [0.15, 0.2) is 6.79 Å². The second-order valence-corrected chi connectivity index (χ2v) is 6.53. The van der Waals surface area contributed by atoms with E-state index in [4.69, 9.17) is 9.84 Å². The van der Waals surface area contributed by atoms with E-state index in [1.807, 2.05) is 0 Å². The molecule has 0 spiro atoms. The van der Waals surface area contributed by atoms with E-state index < -0.39 is 35.7 Å². The predicted molar refractivity (Wildman–Crippen MR) is 101 cm³/mol. The molecule has 0 unspecified atom stereocenters. The number of hydrogen-bond donors (Lipinski definition) is 1. The quantitative estimate of drug-likeness (QED) is 0.322. The fourth-order valence-corrected chi connectivity index (χ4v) is 3.42. The summed E-state index contributed by atoms with van der Waals surface area (Å²) in [5.74, 6) is -0.0280. The lowest BCUT2D eigenvalue weighted by Crippen LogP contribution is -2.54. The number of hydrogen-bond acceptors (Lipinski definition) is 2. The molecule has 0 atom stereocenters. The van der Waals surface area contributed by atoms with E-state index in [0.29, 0.717) is 0 Å². The first-order valence-corrected chi connectivity index (χ1v) is 8.84. The van der Waals surface area contributed by atoms with E-state index in [9.17, 15) is 26.3 Å². The normalized spacial score (nSPS) is 12.5. The van der Waals surface area contributed by atoms with Gasteiger partial charge in [-0.3, -0.25) is 0 Å². The van der Waals surface area contributed by atoms with Crippen molar-refractivity contribution >= 4 is 0 Å². The zero-order chi connectivity index (χ0) is 22.6. The van der Waals surface area contributed by atoms with Crippen LogP contribution in [0.25, 0.3) is 0 Å². The van der Waals surface area contributed by atoms with Crippen LogP contribution < -0.4 is 4.74 Å². The molecule has 2 aromatic rings. The van der Waals surface area contributed by atoms with Crippen molar-refractivity contribution in [2.75, 3.05) is 6.79 Å². The molecule has 0 radical (unpaired) electrons. The van der Waals surface area contributed by atoms with Gasteiger partial charge in [0.2, 0.25) is 5.41 Å². The van der Waals surface area contributed by atoms with Crippen LogP contribution in [0.15, 0.2) is 67.8 Å². The highest BCUT2D eigenvalue weighted by Gasteiger charge is 2.72. The number of allylic oxidation sites excluding steroid dienone is 2. The monoisotopic (exact) mass is 430 g/mol. The molecule has 0 fully saturated rings. The molecule has 30 heavy (non-hydrogen) atoms. The van der Waals surface area contributed by atoms with Crippen LogP contribution >= 0.6 is 0 Å². The lowest BCUT2D eigenvalue weighted by Gasteiger charge is -2.38. The second-order valence-electron chi connectivity index (χ2n) is 6.53. The van der Waals surface area contributed by atoms with Gasteiger partial charge in [0.1, 0.15) is 5.75 Å². The number of alkyl halides is 6. The second kappa shape index (κ2) is 8.95. The molecule has 162 valence electrons. The average molecular weight is 430 g/mol. The molecule has 0 aromatic heterocycles. The summed E-state index contributed by atoms with van der Waals surface area (Å²) in [4.78, 5) is 0. The van der Waals surface area contributed by atoms with Crippen molar-refractivity contribution in [3.05, 3.63) is 90.0 Å². The number of aliphatic hydroxyl groups is 1. The first kappa shape index (κ1) is 23.5. The molecule has 0 aliphatic carbocycles. The van der Waals surface area contributed by atoms with Crippen LogP contribution in [0.5, 0.6) is 5.75 Å². The van der Waals surface area contributed by atoms with E-state index in [0.717, 1.165) is 36.4 Å². The Balaban J connectivity index is 2.90. The summed E-state index contributed by atoms with van der Waals surface area (Å²) in [6.45, 7) is 6.16. The minimum Gasteiger partial charge on any atom is -0.467 e. The van der Waals surface area contributed by atoms with Gasteiger partial charge >= 0.3 is 12.4 Å². The maximum absolute atomic E-state index is 14.3. The molecule has 0 heterocycles. The van der Waals surface area contributed by atoms with Gasteiger partial charge in [-0.25, -0.2) is 0 Å². The van der Waals surface area contributed by atoms with Gasteiger partial charge in [-0.2, -0.15) is 26.3 Å². The van der Waals surface area contributed by atoms with E-state index in [1.54, 1.807) is 0 Å². The number of ether oxygens (including phenoxy) is 1. The smallest absolute Gasteiger partial charge is 0.411 e. The number of rotatable bonds is 8. The Bertz CT molecular complexity index is 885. The van der Waals surface area contributed by atoms with E-state index in [2.05, 4.69) is 13.2 Å². The molecular weight excluding hydrogens is 410 g/mol. The van der Waals surface area contributed by atoms with Crippen LogP contribution in [-0.2, 0) is 18.3 Å². The Morgan fingerprint density at radius 1 is 0.833 bits per heavy atom. The van der Waals surface area contributed by atoms with Crippen molar-refractivity contribution in [3.8, 4) is 5.75 Å². The number of benzene rings is 2. The molecule has 2 rings (SSSR count). The van der Waals surface area contributed by atoms with Gasteiger partial charge in [0.05, 0.1) is 0 Å². The molecule has 2 nitrogen and oxygen atoms in total. The Morgan fingerprint density at radius 2 is 1.43 bits per heavy atom. The van der Waals surface area contributed by atoms with Crippen LogP contribution in [0.4, 0.5) is 26.3 Å². The first-order valence-electron chi connectivity index (χ1n) is 8.84. The maximum Gasteiger partial charge on any atom is 0.411 e. The highest BCUT2D eigenvalue weighted by molar-refractivity contribution is 5.50. The third kappa shape index (κ3) is 4.23. The molecule has 0 saturated carbocycles. The molecule has 0 aliphatic heterocycles. The minimum absolute atomic E-state index is 0.0280. The summed E-state index contributed by atoms with van der Waals surface area (Å²) in [6.07, 6.45) is -8.61. The highest BCUT2D eigenvalue weighted by atomic mass is 19.4. The predicted octanol–water partition coefficient (Wildman–Crippen LogP) is 5.88. The molecule has 0 bridgehead atoms. The van der Waals surface area contributed by atoms with Gasteiger partial charge < -0.3 is 9.84 Å². The molecule has 0 saturated heterocycles. The zero-order valence-electron chi connectivity index (χ0n) is 15.9. The Hall–Kier alpha value is -2.74. The maximum atomic E-state index is 14.3. The molecular formula is C22H20F6O2. The largest absolute Gasteiger partial charge is 0.467 e. The minimum atomic E-state index is -5.69. The molecule has 1 N–H and O–H groups in total. The van der Waals surface area contributed by atoms with Crippen molar-refractivity contribution in [1.82, 2.24) is 0 Å².